The first kappa shape index (κ1) is 30.5. The van der Waals surface area contributed by atoms with Gasteiger partial charge in [0, 0.05) is 27.9 Å². The maximum absolute atomic E-state index is 5.14. The number of aromatic nitrogens is 3. The van der Waals surface area contributed by atoms with E-state index in [0.717, 1.165) is 39.0 Å². The van der Waals surface area contributed by atoms with Crippen molar-refractivity contribution in [3.63, 3.8) is 0 Å². The van der Waals surface area contributed by atoms with Crippen molar-refractivity contribution in [2.75, 3.05) is 0 Å². The van der Waals surface area contributed by atoms with Crippen LogP contribution in [0.15, 0.2) is 200 Å². The Morgan fingerprint density at radius 1 is 0.426 bits per heavy atom. The van der Waals surface area contributed by atoms with E-state index in [2.05, 4.69) is 185 Å². The molecule has 0 N–H and O–H groups in total. The standard InChI is InChI=1S/C51H33N3/c1-2-14-38(15-3-1)51(43-19-7-9-23-48(43)54-47-22-8-6-17-41(47)42-18-12-20-44(51)50(42)54)39-30-28-35(29-31-39)34-24-26-36(27-25-34)49-40-16-5-4-13-37(40)33-46(53-49)45-21-10-11-32-52-45/h1-33H. The number of fused-ring (bicyclic) bond motifs is 6. The molecule has 1 unspecified atom stereocenters. The Hall–Kier alpha value is -7.10. The maximum Gasteiger partial charge on any atom is 0.0900 e. The van der Waals surface area contributed by atoms with Crippen LogP contribution in [0.3, 0.4) is 0 Å². The molecule has 7 aromatic carbocycles. The van der Waals surface area contributed by atoms with Crippen LogP contribution in [-0.4, -0.2) is 14.5 Å². The van der Waals surface area contributed by atoms with Gasteiger partial charge in [-0.15, -0.1) is 0 Å². The molecule has 1 aliphatic rings. The second-order valence-corrected chi connectivity index (χ2v) is 14.1. The molecule has 4 heterocycles. The van der Waals surface area contributed by atoms with Gasteiger partial charge in [-0.25, -0.2) is 4.98 Å². The third kappa shape index (κ3) is 4.42. The van der Waals surface area contributed by atoms with Gasteiger partial charge in [0.25, 0.3) is 0 Å². The summed E-state index contributed by atoms with van der Waals surface area (Å²) in [6, 6.07) is 70.3. The minimum Gasteiger partial charge on any atom is -0.309 e. The van der Waals surface area contributed by atoms with Gasteiger partial charge in [0.05, 0.1) is 39.2 Å². The maximum atomic E-state index is 5.14. The summed E-state index contributed by atoms with van der Waals surface area (Å²) in [7, 11) is 0. The SMILES string of the molecule is c1ccc(C2(c3ccc(-c4ccc(-c5nc(-c6ccccn6)cc6ccccc56)cc4)cc3)c3ccccc3-n3c4ccccc4c4cccc2c43)cc1. The Kier molecular flexibility index (Phi) is 6.77. The Morgan fingerprint density at radius 2 is 1.06 bits per heavy atom. The minimum absolute atomic E-state index is 0.518. The van der Waals surface area contributed by atoms with Crippen molar-refractivity contribution in [3.8, 4) is 39.5 Å². The Morgan fingerprint density at radius 3 is 1.87 bits per heavy atom. The van der Waals surface area contributed by atoms with E-state index in [4.69, 9.17) is 4.98 Å². The van der Waals surface area contributed by atoms with Crippen molar-refractivity contribution in [2.45, 2.75) is 5.41 Å². The molecule has 0 saturated heterocycles. The van der Waals surface area contributed by atoms with Crippen LogP contribution in [0.2, 0.25) is 0 Å². The average molecular weight is 688 g/mol. The summed E-state index contributed by atoms with van der Waals surface area (Å²) < 4.78 is 2.48. The normalized spacial score (nSPS) is 14.7. The van der Waals surface area contributed by atoms with E-state index in [1.54, 1.807) is 0 Å². The molecule has 11 rings (SSSR count). The molecule has 0 radical (unpaired) electrons. The van der Waals surface area contributed by atoms with Gasteiger partial charge in [0.15, 0.2) is 0 Å². The van der Waals surface area contributed by atoms with Crippen molar-refractivity contribution in [3.05, 3.63) is 223 Å². The molecule has 0 aliphatic carbocycles. The third-order valence-electron chi connectivity index (χ3n) is 11.3. The summed E-state index contributed by atoms with van der Waals surface area (Å²) in [6.45, 7) is 0. The number of rotatable bonds is 5. The van der Waals surface area contributed by atoms with Crippen LogP contribution >= 0.6 is 0 Å². The highest BCUT2D eigenvalue weighted by molar-refractivity contribution is 6.12. The zero-order valence-electron chi connectivity index (χ0n) is 29.4. The quantitative estimate of drug-likeness (QED) is 0.180. The number of hydrogen-bond donors (Lipinski definition) is 0. The predicted octanol–water partition coefficient (Wildman–Crippen LogP) is 12.4. The molecule has 0 bridgehead atoms. The molecule has 252 valence electrons. The Labute approximate surface area is 313 Å². The Balaban J connectivity index is 1.06. The van der Waals surface area contributed by atoms with Crippen LogP contribution in [0.4, 0.5) is 0 Å². The molecule has 0 amide bonds. The summed E-state index contributed by atoms with van der Waals surface area (Å²) in [6.07, 6.45) is 1.82. The van der Waals surface area contributed by atoms with E-state index in [0.29, 0.717) is 0 Å². The Bertz CT molecular complexity index is 3020. The molecule has 54 heavy (non-hydrogen) atoms. The fraction of sp³-hybridized carbons (Fsp3) is 0.0196. The van der Waals surface area contributed by atoms with Gasteiger partial charge in [-0.05, 0) is 69.1 Å². The zero-order valence-corrected chi connectivity index (χ0v) is 29.4. The molecule has 1 atom stereocenters. The van der Waals surface area contributed by atoms with E-state index in [9.17, 15) is 0 Å². The highest BCUT2D eigenvalue weighted by Crippen LogP contribution is 2.54. The topological polar surface area (TPSA) is 30.7 Å². The molecule has 3 nitrogen and oxygen atoms in total. The smallest absolute Gasteiger partial charge is 0.0900 e. The van der Waals surface area contributed by atoms with Gasteiger partial charge in [0.2, 0.25) is 0 Å². The lowest BCUT2D eigenvalue weighted by Gasteiger charge is -2.41. The van der Waals surface area contributed by atoms with E-state index < -0.39 is 5.41 Å². The summed E-state index contributed by atoms with van der Waals surface area (Å²) >= 11 is 0. The molecule has 3 heteroatoms. The highest BCUT2D eigenvalue weighted by atomic mass is 15.0. The van der Waals surface area contributed by atoms with Crippen molar-refractivity contribution in [1.82, 2.24) is 14.5 Å². The van der Waals surface area contributed by atoms with Crippen molar-refractivity contribution < 1.29 is 0 Å². The number of nitrogens with zero attached hydrogens (tertiary/aromatic N) is 3. The second kappa shape index (κ2) is 12.0. The molecule has 1 aliphatic heterocycles. The number of hydrogen-bond acceptors (Lipinski definition) is 2. The van der Waals surface area contributed by atoms with Gasteiger partial charge in [0.1, 0.15) is 0 Å². The minimum atomic E-state index is -0.518. The van der Waals surface area contributed by atoms with Gasteiger partial charge >= 0.3 is 0 Å². The highest BCUT2D eigenvalue weighted by Gasteiger charge is 2.45. The van der Waals surface area contributed by atoms with Crippen molar-refractivity contribution in [2.24, 2.45) is 0 Å². The third-order valence-corrected chi connectivity index (χ3v) is 11.3. The van der Waals surface area contributed by atoms with Crippen LogP contribution in [0.5, 0.6) is 0 Å². The molecule has 0 spiro atoms. The van der Waals surface area contributed by atoms with Crippen LogP contribution in [-0.2, 0) is 5.41 Å². The average Bonchev–Trinajstić information content (AvgIpc) is 3.60. The van der Waals surface area contributed by atoms with E-state index in [1.807, 2.05) is 24.4 Å². The van der Waals surface area contributed by atoms with E-state index in [-0.39, 0.29) is 0 Å². The summed E-state index contributed by atoms with van der Waals surface area (Å²) in [4.78, 5) is 9.73. The monoisotopic (exact) mass is 687 g/mol. The molecule has 10 aromatic rings. The largest absolute Gasteiger partial charge is 0.309 e. The van der Waals surface area contributed by atoms with Gasteiger partial charge < -0.3 is 4.57 Å². The fourth-order valence-electron chi connectivity index (χ4n) is 8.98. The van der Waals surface area contributed by atoms with Gasteiger partial charge in [-0.3, -0.25) is 4.98 Å². The number of para-hydroxylation sites is 3. The fourth-order valence-corrected chi connectivity index (χ4v) is 8.98. The molecule has 0 saturated carbocycles. The van der Waals surface area contributed by atoms with E-state index in [1.165, 1.54) is 55.3 Å². The van der Waals surface area contributed by atoms with Crippen LogP contribution in [0, 0.1) is 0 Å². The molecule has 3 aromatic heterocycles. The summed E-state index contributed by atoms with van der Waals surface area (Å²) in [5.41, 5.74) is 14.4. The lowest BCUT2D eigenvalue weighted by atomic mass is 9.63. The molecular weight excluding hydrogens is 655 g/mol. The first-order chi connectivity index (χ1) is 26.8. The number of benzene rings is 7. The predicted molar refractivity (Wildman–Crippen MR) is 222 cm³/mol. The first-order valence-corrected chi connectivity index (χ1v) is 18.5. The van der Waals surface area contributed by atoms with Crippen molar-refractivity contribution >= 4 is 32.6 Å². The lowest BCUT2D eigenvalue weighted by molar-refractivity contribution is 0.728. The van der Waals surface area contributed by atoms with Crippen molar-refractivity contribution in [1.29, 1.82) is 0 Å². The summed E-state index contributed by atoms with van der Waals surface area (Å²) in [5.74, 6) is 0. The van der Waals surface area contributed by atoms with Gasteiger partial charge in [-0.2, -0.15) is 0 Å². The molecular formula is C51H33N3. The van der Waals surface area contributed by atoms with Gasteiger partial charge in [-0.1, -0.05) is 164 Å². The van der Waals surface area contributed by atoms with E-state index >= 15 is 0 Å². The van der Waals surface area contributed by atoms with Crippen LogP contribution in [0.1, 0.15) is 22.3 Å². The summed E-state index contributed by atoms with van der Waals surface area (Å²) in [5, 5.41) is 4.83. The first-order valence-electron chi connectivity index (χ1n) is 18.5. The van der Waals surface area contributed by atoms with Crippen LogP contribution < -0.4 is 0 Å². The number of pyridine rings is 2. The molecule has 0 fully saturated rings. The lowest BCUT2D eigenvalue weighted by Crippen LogP contribution is -2.35. The second-order valence-electron chi connectivity index (χ2n) is 14.1. The van der Waals surface area contributed by atoms with Crippen LogP contribution in [0.25, 0.3) is 72.0 Å². The zero-order chi connectivity index (χ0) is 35.6.